The molecule has 43 heavy (non-hydrogen) atoms. The molecule has 0 aromatic heterocycles. The number of nitrogens with one attached hydrogen (secondary N) is 1. The first-order chi connectivity index (χ1) is 20.4. The highest BCUT2D eigenvalue weighted by atomic mass is 35.5. The Hall–Kier alpha value is -3.40. The number of halogens is 2. The van der Waals surface area contributed by atoms with Gasteiger partial charge in [0.1, 0.15) is 12.6 Å². The van der Waals surface area contributed by atoms with Gasteiger partial charge in [0.15, 0.2) is 5.78 Å². The fraction of sp³-hybridized carbons (Fsp3) is 0.344. The molecule has 2 amide bonds. The molecule has 0 heterocycles. The maximum Gasteiger partial charge on any atom is 0.244 e. The molecule has 0 saturated heterocycles. The zero-order chi connectivity index (χ0) is 31.1. The predicted molar refractivity (Wildman–Crippen MR) is 170 cm³/mol. The monoisotopic (exact) mass is 643 g/mol. The fourth-order valence-electron chi connectivity index (χ4n) is 5.25. The highest BCUT2D eigenvalue weighted by Gasteiger charge is 2.34. The molecule has 1 fully saturated rings. The van der Waals surface area contributed by atoms with Crippen LogP contribution in [0.3, 0.4) is 0 Å². The summed E-state index contributed by atoms with van der Waals surface area (Å²) in [4.78, 5) is 41.6. The molecular weight excluding hydrogens is 609 g/mol. The second kappa shape index (κ2) is 14.4. The molecule has 0 aliphatic heterocycles. The van der Waals surface area contributed by atoms with Gasteiger partial charge in [0.05, 0.1) is 22.0 Å². The maximum absolute atomic E-state index is 14.2. The van der Waals surface area contributed by atoms with E-state index in [2.05, 4.69) is 5.32 Å². The van der Waals surface area contributed by atoms with Crippen LogP contribution in [0.2, 0.25) is 10.0 Å². The first-order valence-electron chi connectivity index (χ1n) is 14.1. The van der Waals surface area contributed by atoms with E-state index in [-0.39, 0.29) is 36.4 Å². The van der Waals surface area contributed by atoms with E-state index >= 15 is 0 Å². The topological polar surface area (TPSA) is 104 Å². The molecule has 0 radical (unpaired) electrons. The van der Waals surface area contributed by atoms with Crippen molar-refractivity contribution in [2.24, 2.45) is 0 Å². The van der Waals surface area contributed by atoms with Crippen molar-refractivity contribution in [2.45, 2.75) is 57.7 Å². The van der Waals surface area contributed by atoms with Gasteiger partial charge in [-0.25, -0.2) is 8.42 Å². The van der Waals surface area contributed by atoms with Crippen molar-refractivity contribution in [3.05, 3.63) is 99.5 Å². The zero-order valence-electron chi connectivity index (χ0n) is 24.1. The van der Waals surface area contributed by atoms with E-state index in [1.165, 1.54) is 24.0 Å². The van der Waals surface area contributed by atoms with Gasteiger partial charge < -0.3 is 10.2 Å². The third kappa shape index (κ3) is 8.81. The van der Waals surface area contributed by atoms with E-state index in [1.54, 1.807) is 30.3 Å². The average Bonchev–Trinajstić information content (AvgIpc) is 3.48. The number of rotatable bonds is 12. The van der Waals surface area contributed by atoms with Crippen molar-refractivity contribution in [1.82, 2.24) is 10.2 Å². The van der Waals surface area contributed by atoms with Gasteiger partial charge in [-0.2, -0.15) is 0 Å². The third-order valence-electron chi connectivity index (χ3n) is 7.53. The number of carbonyl (C=O) groups is 3. The van der Waals surface area contributed by atoms with Crippen LogP contribution in [0.5, 0.6) is 0 Å². The van der Waals surface area contributed by atoms with Crippen molar-refractivity contribution in [3.63, 3.8) is 0 Å². The largest absolute Gasteiger partial charge is 0.352 e. The summed E-state index contributed by atoms with van der Waals surface area (Å²) in [6.07, 6.45) is 4.97. The van der Waals surface area contributed by atoms with E-state index in [4.69, 9.17) is 23.2 Å². The lowest BCUT2D eigenvalue weighted by atomic mass is 10.0. The Morgan fingerprint density at radius 3 is 2.23 bits per heavy atom. The van der Waals surface area contributed by atoms with Gasteiger partial charge in [-0.1, -0.05) is 84.6 Å². The summed E-state index contributed by atoms with van der Waals surface area (Å²) in [6.45, 7) is 0.783. The summed E-state index contributed by atoms with van der Waals surface area (Å²) in [5.74, 6) is -1.14. The van der Waals surface area contributed by atoms with E-state index in [0.29, 0.717) is 21.2 Å². The van der Waals surface area contributed by atoms with Crippen LogP contribution < -0.4 is 9.62 Å². The molecule has 4 rings (SSSR count). The van der Waals surface area contributed by atoms with Crippen molar-refractivity contribution < 1.29 is 22.8 Å². The molecule has 0 spiro atoms. The Kier molecular flexibility index (Phi) is 10.9. The lowest BCUT2D eigenvalue weighted by molar-refractivity contribution is -0.140. The van der Waals surface area contributed by atoms with Crippen LogP contribution in [0.4, 0.5) is 5.69 Å². The van der Waals surface area contributed by atoms with Crippen molar-refractivity contribution in [3.8, 4) is 0 Å². The number of sulfonamides is 1. The number of ketones is 1. The Labute approximate surface area is 263 Å². The van der Waals surface area contributed by atoms with Gasteiger partial charge in [0, 0.05) is 24.6 Å². The Bertz CT molecular complexity index is 1580. The second-order valence-corrected chi connectivity index (χ2v) is 13.6. The molecule has 8 nitrogen and oxygen atoms in total. The lowest BCUT2D eigenvalue weighted by Crippen LogP contribution is -2.54. The minimum atomic E-state index is -3.96. The summed E-state index contributed by atoms with van der Waals surface area (Å²) in [5.41, 5.74) is 1.95. The zero-order valence-corrected chi connectivity index (χ0v) is 26.5. The highest BCUT2D eigenvalue weighted by Crippen LogP contribution is 2.26. The highest BCUT2D eigenvalue weighted by molar-refractivity contribution is 7.92. The molecule has 1 aliphatic carbocycles. The summed E-state index contributed by atoms with van der Waals surface area (Å²) >= 11 is 12.4. The van der Waals surface area contributed by atoms with Crippen molar-refractivity contribution in [1.29, 1.82) is 0 Å². The van der Waals surface area contributed by atoms with Gasteiger partial charge in [0.2, 0.25) is 21.8 Å². The molecule has 3 aromatic carbocycles. The minimum Gasteiger partial charge on any atom is -0.352 e. The Morgan fingerprint density at radius 2 is 1.60 bits per heavy atom. The van der Waals surface area contributed by atoms with Crippen LogP contribution in [0.1, 0.15) is 54.1 Å². The molecule has 0 bridgehead atoms. The van der Waals surface area contributed by atoms with Crippen LogP contribution in [0.15, 0.2) is 72.8 Å². The summed E-state index contributed by atoms with van der Waals surface area (Å²) in [6, 6.07) is 19.5. The summed E-state index contributed by atoms with van der Waals surface area (Å²) < 4.78 is 26.9. The lowest BCUT2D eigenvalue weighted by Gasteiger charge is -2.34. The predicted octanol–water partition coefficient (Wildman–Crippen LogP) is 5.66. The number of anilines is 1. The van der Waals surface area contributed by atoms with E-state index in [0.717, 1.165) is 41.8 Å². The van der Waals surface area contributed by atoms with Gasteiger partial charge in [-0.05, 0) is 55.2 Å². The van der Waals surface area contributed by atoms with Crippen LogP contribution in [-0.4, -0.2) is 55.8 Å². The molecule has 3 aromatic rings. The molecule has 228 valence electrons. The fourth-order valence-corrected chi connectivity index (χ4v) is 6.41. The van der Waals surface area contributed by atoms with Gasteiger partial charge in [-0.15, -0.1) is 0 Å². The number of nitrogens with zero attached hydrogens (tertiary/aromatic N) is 2. The number of carbonyl (C=O) groups excluding carboxylic acids is 3. The number of amides is 2. The van der Waals surface area contributed by atoms with E-state index < -0.39 is 28.5 Å². The number of benzene rings is 3. The minimum absolute atomic E-state index is 0.00883. The quantitative estimate of drug-likeness (QED) is 0.257. The van der Waals surface area contributed by atoms with Gasteiger partial charge in [0.25, 0.3) is 0 Å². The molecular formula is C32H35Cl2N3O5S. The summed E-state index contributed by atoms with van der Waals surface area (Å²) in [7, 11) is -3.96. The maximum atomic E-state index is 14.2. The summed E-state index contributed by atoms with van der Waals surface area (Å²) in [5, 5.41) is 3.76. The van der Waals surface area contributed by atoms with E-state index in [9.17, 15) is 22.8 Å². The van der Waals surface area contributed by atoms with E-state index in [1.807, 2.05) is 30.3 Å². The molecule has 0 unspecified atom stereocenters. The normalized spacial score (nSPS) is 14.2. The number of hydrogen-bond donors (Lipinski definition) is 1. The first kappa shape index (κ1) is 32.5. The molecule has 1 atom stereocenters. The van der Waals surface area contributed by atoms with Gasteiger partial charge in [-0.3, -0.25) is 18.7 Å². The molecule has 1 N–H and O–H groups in total. The van der Waals surface area contributed by atoms with Gasteiger partial charge >= 0.3 is 0 Å². The Balaban J connectivity index is 1.75. The average molecular weight is 645 g/mol. The van der Waals surface area contributed by atoms with Crippen molar-refractivity contribution in [2.75, 3.05) is 17.1 Å². The standard InChI is InChI=1S/C32H35Cl2N3O5S/c1-22(38)25-11-8-14-27(19-25)37(43(2,41)42)21-31(39)36(20-24-15-16-28(33)29(34)17-24)30(18-23-9-4-3-5-10-23)32(40)35-26-12-6-7-13-26/h3-5,8-11,14-17,19,26,30H,6-7,12-13,18,20-21H2,1-2H3,(H,35,40)/t30-/m0/s1. The molecule has 11 heteroatoms. The van der Waals surface area contributed by atoms with Crippen LogP contribution >= 0.6 is 23.2 Å². The SMILES string of the molecule is CC(=O)c1cccc(N(CC(=O)N(Cc2ccc(Cl)c(Cl)c2)[C@@H](Cc2ccccc2)C(=O)NC2CCCC2)S(C)(=O)=O)c1. The second-order valence-electron chi connectivity index (χ2n) is 10.8. The van der Waals surface area contributed by atoms with Crippen molar-refractivity contribution >= 4 is 56.5 Å². The van der Waals surface area contributed by atoms with Crippen LogP contribution in [-0.2, 0) is 32.6 Å². The first-order valence-corrected chi connectivity index (χ1v) is 16.7. The number of Topliss-reactive ketones (excluding diaryl/α,β-unsaturated/α-hetero) is 1. The smallest absolute Gasteiger partial charge is 0.244 e. The van der Waals surface area contributed by atoms with Crippen LogP contribution in [0, 0.1) is 0 Å². The molecule has 1 aliphatic rings. The third-order valence-corrected chi connectivity index (χ3v) is 9.41. The van der Waals surface area contributed by atoms with Crippen LogP contribution in [0.25, 0.3) is 0 Å². The molecule has 1 saturated carbocycles. The Morgan fingerprint density at radius 1 is 0.907 bits per heavy atom. The number of hydrogen-bond acceptors (Lipinski definition) is 5.